The predicted octanol–water partition coefficient (Wildman–Crippen LogP) is -5.27. The smallest absolute Gasteiger partial charge is 0.652 e. The fraction of sp³-hybridized carbons (Fsp3) is 0. The number of carbonyl (C=O) groups excluding carboxylic acids is 2. The quantitative estimate of drug-likeness (QED) is 0.388. The van der Waals surface area contributed by atoms with Crippen molar-refractivity contribution in [3.63, 3.8) is 0 Å². The Morgan fingerprint density at radius 3 is 0.778 bits per heavy atom. The fourth-order valence-corrected chi connectivity index (χ4v) is 0. The van der Waals surface area contributed by atoms with Crippen molar-refractivity contribution >= 4 is 36.2 Å². The van der Waals surface area contributed by atoms with Gasteiger partial charge in [0.25, 0.3) is 0 Å². The first kappa shape index (κ1) is 15.8. The van der Waals surface area contributed by atoms with Crippen LogP contribution < -0.4 is 20.4 Å². The van der Waals surface area contributed by atoms with Gasteiger partial charge in [0.15, 0.2) is 0 Å². The molecule has 0 N–H and O–H groups in total. The largest absolute Gasteiger partial charge is 4.00 e. The maximum absolute atomic E-state index is 8.33. The molecular weight excluding hydrogens is 239 g/mol. The molecule has 0 aromatic heterocycles. The molecule has 0 aliphatic rings. The van der Waals surface area contributed by atoms with Gasteiger partial charge >= 0.3 is 23.9 Å². The molecule has 0 aromatic rings. The minimum Gasteiger partial charge on any atom is -0.652 e. The van der Waals surface area contributed by atoms with Gasteiger partial charge in [-0.05, 0) is 12.3 Å². The van der Waals surface area contributed by atoms with Gasteiger partial charge in [-0.2, -0.15) is 0 Å². The summed E-state index contributed by atoms with van der Waals surface area (Å²) >= 11 is 0. The van der Waals surface area contributed by atoms with Gasteiger partial charge in [0.05, 0.1) is 0 Å². The van der Waals surface area contributed by atoms with Gasteiger partial charge in [-0.3, -0.25) is 0 Å². The molecule has 6 nitrogen and oxygen atoms in total. The number of carbonyl (C=O) groups is 2. The predicted molar refractivity (Wildman–Crippen MR) is 16.5 cm³/mol. The molecule has 0 aliphatic heterocycles. The zero-order valence-electron chi connectivity index (χ0n) is 3.95. The summed E-state index contributed by atoms with van der Waals surface area (Å²) < 4.78 is 0. The minimum atomic E-state index is -2.33. The van der Waals surface area contributed by atoms with E-state index in [0.29, 0.717) is 0 Å². The van der Waals surface area contributed by atoms with Crippen LogP contribution in [-0.4, -0.2) is 36.2 Å². The van der Waals surface area contributed by atoms with E-state index in [-0.39, 0.29) is 23.9 Å². The molecule has 9 heavy (non-hydrogen) atoms. The van der Waals surface area contributed by atoms with E-state index in [2.05, 4.69) is 0 Å². The SMILES string of the molecule is O=C([O-])[O-].O=C([O-])[O-].[Sn+4]. The van der Waals surface area contributed by atoms with E-state index in [0.717, 1.165) is 0 Å². The van der Waals surface area contributed by atoms with Gasteiger partial charge in [0.2, 0.25) is 0 Å². The van der Waals surface area contributed by atoms with Gasteiger partial charge in [-0.1, -0.05) is 0 Å². The maximum Gasteiger partial charge on any atom is 4.00 e. The van der Waals surface area contributed by atoms with E-state index in [1.165, 1.54) is 0 Å². The Labute approximate surface area is 66.7 Å². The zero-order chi connectivity index (χ0) is 7.15. The molecule has 48 valence electrons. The Morgan fingerprint density at radius 1 is 0.778 bits per heavy atom. The van der Waals surface area contributed by atoms with E-state index in [1.807, 2.05) is 0 Å². The molecule has 0 aliphatic carbocycles. The van der Waals surface area contributed by atoms with Crippen LogP contribution in [0, 0.1) is 0 Å². The van der Waals surface area contributed by atoms with Gasteiger partial charge in [0.1, 0.15) is 0 Å². The normalized spacial score (nSPS) is 5.33. The van der Waals surface area contributed by atoms with Crippen LogP contribution in [0.2, 0.25) is 0 Å². The molecule has 0 rings (SSSR count). The Bertz CT molecular complexity index is 69.1. The Kier molecular flexibility index (Phi) is 18.1. The maximum atomic E-state index is 8.33. The Hall–Kier alpha value is -0.661. The van der Waals surface area contributed by atoms with Crippen LogP contribution in [0.25, 0.3) is 0 Å². The summed E-state index contributed by atoms with van der Waals surface area (Å²) in [6.07, 6.45) is -4.67. The molecule has 0 saturated heterocycles. The molecular formula is C2O6Sn. The van der Waals surface area contributed by atoms with Crippen LogP contribution in [0.4, 0.5) is 9.59 Å². The second kappa shape index (κ2) is 10.3. The van der Waals surface area contributed by atoms with Crippen LogP contribution in [-0.2, 0) is 0 Å². The number of hydrogen-bond acceptors (Lipinski definition) is 6. The molecule has 0 amide bonds. The molecule has 0 aromatic carbocycles. The Balaban J connectivity index is -0.0000000720. The standard InChI is InChI=1S/2CH2O3.Sn/c2*2-1(3)4;/h2*(H2,2,3,4);/q;;+4/p-4. The average Bonchev–Trinajstić information content (AvgIpc) is 1.25. The van der Waals surface area contributed by atoms with Crippen LogP contribution in [0.15, 0.2) is 0 Å². The van der Waals surface area contributed by atoms with E-state index >= 15 is 0 Å². The summed E-state index contributed by atoms with van der Waals surface area (Å²) in [5.74, 6) is 0. The molecule has 0 atom stereocenters. The third-order valence-electron chi connectivity index (χ3n) is 0. The van der Waals surface area contributed by atoms with Crippen molar-refractivity contribution in [2.24, 2.45) is 0 Å². The number of rotatable bonds is 0. The summed E-state index contributed by atoms with van der Waals surface area (Å²) in [6.45, 7) is 0. The summed E-state index contributed by atoms with van der Waals surface area (Å²) in [4.78, 5) is 16.7. The van der Waals surface area contributed by atoms with Crippen LogP contribution in [0.1, 0.15) is 0 Å². The van der Waals surface area contributed by atoms with Gasteiger partial charge in [-0.15, -0.1) is 0 Å². The molecule has 0 unspecified atom stereocenters. The minimum absolute atomic E-state index is 0. The second-order valence-electron chi connectivity index (χ2n) is 0.500. The summed E-state index contributed by atoms with van der Waals surface area (Å²) in [7, 11) is 0. The van der Waals surface area contributed by atoms with Crippen LogP contribution in [0.5, 0.6) is 0 Å². The van der Waals surface area contributed by atoms with E-state index in [4.69, 9.17) is 30.0 Å². The van der Waals surface area contributed by atoms with Crippen LogP contribution >= 0.6 is 0 Å². The van der Waals surface area contributed by atoms with Crippen molar-refractivity contribution < 1.29 is 30.0 Å². The van der Waals surface area contributed by atoms with Gasteiger partial charge < -0.3 is 30.0 Å². The summed E-state index contributed by atoms with van der Waals surface area (Å²) in [5, 5.41) is 33.3. The summed E-state index contributed by atoms with van der Waals surface area (Å²) in [5.41, 5.74) is 0. The fourth-order valence-electron chi connectivity index (χ4n) is 0. The van der Waals surface area contributed by atoms with Crippen molar-refractivity contribution in [3.05, 3.63) is 0 Å². The third-order valence-corrected chi connectivity index (χ3v) is 0. The molecule has 7 heteroatoms. The molecule has 0 saturated carbocycles. The molecule has 0 spiro atoms. The van der Waals surface area contributed by atoms with E-state index < -0.39 is 12.3 Å². The molecule has 0 heterocycles. The molecule has 0 bridgehead atoms. The average molecular weight is 239 g/mol. The Morgan fingerprint density at radius 2 is 0.778 bits per heavy atom. The first-order valence-corrected chi connectivity index (χ1v) is 1.22. The topological polar surface area (TPSA) is 126 Å². The first-order chi connectivity index (χ1) is 3.46. The number of hydrogen-bond donors (Lipinski definition) is 0. The summed E-state index contributed by atoms with van der Waals surface area (Å²) in [6, 6.07) is 0. The molecule has 0 fully saturated rings. The van der Waals surface area contributed by atoms with Crippen molar-refractivity contribution in [2.75, 3.05) is 0 Å². The van der Waals surface area contributed by atoms with Crippen molar-refractivity contribution in [1.29, 1.82) is 0 Å². The van der Waals surface area contributed by atoms with E-state index in [1.54, 1.807) is 0 Å². The molecule has 0 radical (unpaired) electrons. The number of carboxylic acid groups (broad SMARTS) is 4. The van der Waals surface area contributed by atoms with Gasteiger partial charge in [0, 0.05) is 0 Å². The second-order valence-corrected chi connectivity index (χ2v) is 0.500. The van der Waals surface area contributed by atoms with Gasteiger partial charge in [-0.25, -0.2) is 0 Å². The first-order valence-electron chi connectivity index (χ1n) is 1.22. The zero-order valence-corrected chi connectivity index (χ0v) is 6.80. The third kappa shape index (κ3) is 478. The van der Waals surface area contributed by atoms with Crippen LogP contribution in [0.3, 0.4) is 0 Å². The van der Waals surface area contributed by atoms with Crippen molar-refractivity contribution in [3.8, 4) is 0 Å². The van der Waals surface area contributed by atoms with Crippen molar-refractivity contribution in [1.82, 2.24) is 0 Å². The van der Waals surface area contributed by atoms with Crippen molar-refractivity contribution in [2.45, 2.75) is 0 Å². The monoisotopic (exact) mass is 240 g/mol. The van der Waals surface area contributed by atoms with E-state index in [9.17, 15) is 0 Å².